The fourth-order valence-electron chi connectivity index (χ4n) is 9.18. The lowest BCUT2D eigenvalue weighted by Crippen LogP contribution is -2.52. The fourth-order valence-corrected chi connectivity index (χ4v) is 9.18. The van der Waals surface area contributed by atoms with Crippen molar-refractivity contribution in [1.29, 1.82) is 0 Å². The van der Waals surface area contributed by atoms with Crippen molar-refractivity contribution >= 4 is 0 Å². The maximum atomic E-state index is 5.95. The molecule has 1 unspecified atom stereocenters. The van der Waals surface area contributed by atoms with Crippen molar-refractivity contribution < 1.29 is 4.74 Å². The molecule has 30 heavy (non-hydrogen) atoms. The Balaban J connectivity index is 1.46. The highest BCUT2D eigenvalue weighted by Gasteiger charge is 2.60. The van der Waals surface area contributed by atoms with Gasteiger partial charge in [-0.25, -0.2) is 0 Å². The maximum Gasteiger partial charge on any atom is 0.0922 e. The van der Waals surface area contributed by atoms with Gasteiger partial charge in [-0.05, 0) is 110 Å². The molecule has 0 bridgehead atoms. The van der Waals surface area contributed by atoms with Crippen LogP contribution in [0.15, 0.2) is 11.8 Å². The minimum atomic E-state index is 0.534. The quantitative estimate of drug-likeness (QED) is 0.405. The minimum Gasteiger partial charge on any atom is -0.499 e. The Kier molecular flexibility index (Phi) is 6.68. The van der Waals surface area contributed by atoms with Crippen LogP contribution in [0, 0.1) is 52.3 Å². The number of hydrogen-bond acceptors (Lipinski definition) is 1. The monoisotopic (exact) mass is 414 g/mol. The zero-order valence-electron chi connectivity index (χ0n) is 21.0. The Labute approximate surface area is 187 Å². The molecule has 0 radical (unpaired) electrons. The van der Waals surface area contributed by atoms with Crippen molar-refractivity contribution in [2.75, 3.05) is 6.61 Å². The van der Waals surface area contributed by atoms with Crippen LogP contribution in [0.5, 0.6) is 0 Å². The summed E-state index contributed by atoms with van der Waals surface area (Å²) < 4.78 is 5.95. The second kappa shape index (κ2) is 8.82. The lowest BCUT2D eigenvalue weighted by Gasteiger charge is -2.60. The Morgan fingerprint density at radius 3 is 2.47 bits per heavy atom. The summed E-state index contributed by atoms with van der Waals surface area (Å²) in [4.78, 5) is 0. The van der Waals surface area contributed by atoms with Crippen molar-refractivity contribution in [3.8, 4) is 0 Å². The van der Waals surface area contributed by atoms with Gasteiger partial charge in [0, 0.05) is 6.42 Å². The highest BCUT2D eigenvalue weighted by molar-refractivity contribution is 5.14. The average molecular weight is 415 g/mol. The van der Waals surface area contributed by atoms with Gasteiger partial charge in [0.15, 0.2) is 0 Å². The number of ether oxygens (including phenoxy) is 1. The van der Waals surface area contributed by atoms with E-state index in [2.05, 4.69) is 47.6 Å². The first-order valence-corrected chi connectivity index (χ1v) is 13.6. The molecule has 8 atom stereocenters. The van der Waals surface area contributed by atoms with Crippen LogP contribution in [0.3, 0.4) is 0 Å². The predicted molar refractivity (Wildman–Crippen MR) is 128 cm³/mol. The van der Waals surface area contributed by atoms with E-state index in [0.29, 0.717) is 10.8 Å². The van der Waals surface area contributed by atoms with E-state index in [9.17, 15) is 0 Å². The molecule has 0 N–H and O–H groups in total. The van der Waals surface area contributed by atoms with E-state index >= 15 is 0 Å². The first-order valence-electron chi connectivity index (χ1n) is 13.6. The molecule has 4 aliphatic carbocycles. The van der Waals surface area contributed by atoms with E-state index in [1.54, 1.807) is 0 Å². The van der Waals surface area contributed by atoms with Crippen LogP contribution in [0.2, 0.25) is 0 Å². The molecular formula is C29H50O. The van der Waals surface area contributed by atoms with Crippen LogP contribution in [0.1, 0.15) is 112 Å². The number of fused-ring (bicyclic) bond motifs is 5. The van der Waals surface area contributed by atoms with Crippen LogP contribution in [0.25, 0.3) is 0 Å². The van der Waals surface area contributed by atoms with Crippen LogP contribution in [0.4, 0.5) is 0 Å². The van der Waals surface area contributed by atoms with E-state index in [-0.39, 0.29) is 0 Å². The largest absolute Gasteiger partial charge is 0.499 e. The summed E-state index contributed by atoms with van der Waals surface area (Å²) in [6.07, 6.45) is 18.3. The summed E-state index contributed by atoms with van der Waals surface area (Å²) in [5, 5.41) is 0. The minimum absolute atomic E-state index is 0.534. The van der Waals surface area contributed by atoms with Crippen molar-refractivity contribution in [2.45, 2.75) is 112 Å². The number of allylic oxidation sites excluding steroid dienone is 2. The van der Waals surface area contributed by atoms with Crippen molar-refractivity contribution in [2.24, 2.45) is 52.3 Å². The second-order valence-electron chi connectivity index (χ2n) is 12.7. The van der Waals surface area contributed by atoms with E-state index in [1.165, 1.54) is 76.4 Å². The first-order chi connectivity index (χ1) is 14.3. The van der Waals surface area contributed by atoms with Crippen LogP contribution < -0.4 is 0 Å². The van der Waals surface area contributed by atoms with Gasteiger partial charge in [0.25, 0.3) is 0 Å². The SMILES string of the molecule is CCOC1=CC[C@@]2(C)C(CC[C@H]3[C@@H]4CC[C@H]([C@H](C)CCCC(C)C)[C@@]4(C)CC[C@@H]32)C1. The van der Waals surface area contributed by atoms with E-state index in [0.717, 1.165) is 48.0 Å². The molecular weight excluding hydrogens is 364 g/mol. The van der Waals surface area contributed by atoms with Gasteiger partial charge in [0.2, 0.25) is 0 Å². The summed E-state index contributed by atoms with van der Waals surface area (Å²) in [7, 11) is 0. The highest BCUT2D eigenvalue weighted by atomic mass is 16.5. The smallest absolute Gasteiger partial charge is 0.0922 e. The molecule has 0 aliphatic heterocycles. The predicted octanol–water partition coefficient (Wildman–Crippen LogP) is 8.64. The molecule has 4 rings (SSSR count). The van der Waals surface area contributed by atoms with Crippen LogP contribution in [-0.2, 0) is 4.74 Å². The van der Waals surface area contributed by atoms with Gasteiger partial charge in [-0.15, -0.1) is 0 Å². The van der Waals surface area contributed by atoms with Gasteiger partial charge < -0.3 is 4.74 Å². The Hall–Kier alpha value is -0.460. The summed E-state index contributed by atoms with van der Waals surface area (Å²) in [6, 6.07) is 0. The molecule has 0 saturated heterocycles. The van der Waals surface area contributed by atoms with E-state index in [4.69, 9.17) is 4.74 Å². The standard InChI is InChI=1S/C29H50O/c1-7-30-23-15-17-28(5)22(19-23)11-12-24-26-14-13-25(21(4)10-8-9-20(2)3)29(26,6)18-16-27(24)28/h15,20-22,24-27H,7-14,16-19H2,1-6H3/t21-,22?,24+,25-,26+,27+,28+,29-/m1/s1. The Bertz CT molecular complexity index is 620. The molecule has 0 aromatic rings. The zero-order valence-corrected chi connectivity index (χ0v) is 21.0. The molecule has 1 nitrogen and oxygen atoms in total. The molecule has 4 aliphatic rings. The molecule has 0 spiro atoms. The van der Waals surface area contributed by atoms with Crippen LogP contribution >= 0.6 is 0 Å². The first kappa shape index (κ1) is 22.7. The third-order valence-corrected chi connectivity index (χ3v) is 10.8. The third kappa shape index (κ3) is 3.90. The maximum absolute atomic E-state index is 5.95. The van der Waals surface area contributed by atoms with E-state index < -0.39 is 0 Å². The van der Waals surface area contributed by atoms with Crippen molar-refractivity contribution in [1.82, 2.24) is 0 Å². The molecule has 0 amide bonds. The number of rotatable bonds is 7. The Morgan fingerprint density at radius 1 is 0.967 bits per heavy atom. The lowest BCUT2D eigenvalue weighted by atomic mass is 9.45. The van der Waals surface area contributed by atoms with Gasteiger partial charge in [-0.1, -0.05) is 53.9 Å². The summed E-state index contributed by atoms with van der Waals surface area (Å²) >= 11 is 0. The molecule has 1 heteroatoms. The van der Waals surface area contributed by atoms with Gasteiger partial charge in [0.1, 0.15) is 0 Å². The lowest BCUT2D eigenvalue weighted by molar-refractivity contribution is -0.105. The van der Waals surface area contributed by atoms with Crippen molar-refractivity contribution in [3.63, 3.8) is 0 Å². The molecule has 3 fully saturated rings. The van der Waals surface area contributed by atoms with Crippen molar-refractivity contribution in [3.05, 3.63) is 11.8 Å². The highest BCUT2D eigenvalue weighted by Crippen LogP contribution is 2.68. The second-order valence-corrected chi connectivity index (χ2v) is 12.7. The molecule has 0 aromatic carbocycles. The summed E-state index contributed by atoms with van der Waals surface area (Å²) in [6.45, 7) is 15.7. The topological polar surface area (TPSA) is 9.23 Å². The fraction of sp³-hybridized carbons (Fsp3) is 0.931. The molecule has 3 saturated carbocycles. The Morgan fingerprint density at radius 2 is 1.73 bits per heavy atom. The van der Waals surface area contributed by atoms with Gasteiger partial charge >= 0.3 is 0 Å². The molecule has 0 heterocycles. The van der Waals surface area contributed by atoms with Gasteiger partial charge in [-0.2, -0.15) is 0 Å². The molecule has 172 valence electrons. The van der Waals surface area contributed by atoms with Gasteiger partial charge in [-0.3, -0.25) is 0 Å². The third-order valence-electron chi connectivity index (χ3n) is 10.8. The summed E-state index contributed by atoms with van der Waals surface area (Å²) in [5.41, 5.74) is 1.16. The summed E-state index contributed by atoms with van der Waals surface area (Å²) in [5.74, 6) is 7.90. The van der Waals surface area contributed by atoms with E-state index in [1.807, 2.05) is 0 Å². The normalized spacial score (nSPS) is 44.1. The zero-order chi connectivity index (χ0) is 21.5. The number of hydrogen-bond donors (Lipinski definition) is 0. The molecule has 0 aromatic heterocycles. The van der Waals surface area contributed by atoms with Crippen LogP contribution in [-0.4, -0.2) is 6.61 Å². The average Bonchev–Trinajstić information content (AvgIpc) is 3.05. The van der Waals surface area contributed by atoms with Gasteiger partial charge in [0.05, 0.1) is 12.4 Å².